The standard InChI is InChI=1S/C15H26N4O3S.HI/c1-4-22-12-11-18-15(16-3)17-9-10-19-23(20,21)14-7-5-13(2)6-8-14;/h5-8,19H,4,9-12H2,1-3H3,(H2,16,17,18);1H. The normalized spacial score (nSPS) is 11.7. The first-order valence-corrected chi connectivity index (χ1v) is 9.06. The van der Waals surface area contributed by atoms with Crippen LogP contribution in [0.3, 0.4) is 0 Å². The maximum absolute atomic E-state index is 12.1. The Hall–Kier alpha value is -0.910. The van der Waals surface area contributed by atoms with Crippen LogP contribution in [-0.2, 0) is 14.8 Å². The molecule has 0 bridgehead atoms. The molecule has 3 N–H and O–H groups in total. The Morgan fingerprint density at radius 1 is 1.12 bits per heavy atom. The number of benzene rings is 1. The van der Waals surface area contributed by atoms with E-state index in [2.05, 4.69) is 20.3 Å². The van der Waals surface area contributed by atoms with Gasteiger partial charge >= 0.3 is 0 Å². The maximum atomic E-state index is 12.1. The monoisotopic (exact) mass is 470 g/mol. The summed E-state index contributed by atoms with van der Waals surface area (Å²) >= 11 is 0. The average molecular weight is 470 g/mol. The number of nitrogens with one attached hydrogen (secondary N) is 3. The van der Waals surface area contributed by atoms with Gasteiger partial charge in [0.05, 0.1) is 11.5 Å². The fourth-order valence-electron chi connectivity index (χ4n) is 1.77. The van der Waals surface area contributed by atoms with Gasteiger partial charge in [0.25, 0.3) is 0 Å². The van der Waals surface area contributed by atoms with E-state index in [1.54, 1.807) is 31.3 Å². The third-order valence-corrected chi connectivity index (χ3v) is 4.48. The summed E-state index contributed by atoms with van der Waals surface area (Å²) in [6.07, 6.45) is 0. The lowest BCUT2D eigenvalue weighted by atomic mass is 10.2. The van der Waals surface area contributed by atoms with Crippen molar-refractivity contribution in [1.29, 1.82) is 0 Å². The summed E-state index contributed by atoms with van der Waals surface area (Å²) in [6, 6.07) is 6.74. The lowest BCUT2D eigenvalue weighted by Crippen LogP contribution is -2.42. The lowest BCUT2D eigenvalue weighted by Gasteiger charge is -2.12. The smallest absolute Gasteiger partial charge is 0.240 e. The van der Waals surface area contributed by atoms with Gasteiger partial charge in [0.2, 0.25) is 10.0 Å². The highest BCUT2D eigenvalue weighted by molar-refractivity contribution is 14.0. The molecule has 0 aliphatic heterocycles. The highest BCUT2D eigenvalue weighted by Gasteiger charge is 2.12. The van der Waals surface area contributed by atoms with E-state index in [0.717, 1.165) is 5.56 Å². The third-order valence-electron chi connectivity index (χ3n) is 3.01. The van der Waals surface area contributed by atoms with Gasteiger partial charge in [0.15, 0.2) is 5.96 Å². The Bertz CT molecular complexity index is 591. The minimum atomic E-state index is -3.48. The predicted octanol–water partition coefficient (Wildman–Crippen LogP) is 1.09. The molecular formula is C15H27IN4O3S. The molecule has 0 aliphatic rings. The van der Waals surface area contributed by atoms with E-state index in [9.17, 15) is 8.42 Å². The highest BCUT2D eigenvalue weighted by atomic mass is 127. The Morgan fingerprint density at radius 3 is 2.33 bits per heavy atom. The Morgan fingerprint density at radius 2 is 1.75 bits per heavy atom. The number of ether oxygens (including phenoxy) is 1. The number of hydrogen-bond donors (Lipinski definition) is 3. The fourth-order valence-corrected chi connectivity index (χ4v) is 2.81. The van der Waals surface area contributed by atoms with E-state index in [-0.39, 0.29) is 35.4 Å². The van der Waals surface area contributed by atoms with Crippen LogP contribution in [0.1, 0.15) is 12.5 Å². The van der Waals surface area contributed by atoms with Crippen molar-refractivity contribution < 1.29 is 13.2 Å². The van der Waals surface area contributed by atoms with Crippen molar-refractivity contribution in [2.75, 3.05) is 39.9 Å². The second-order valence-electron chi connectivity index (χ2n) is 4.83. The van der Waals surface area contributed by atoms with Crippen LogP contribution < -0.4 is 15.4 Å². The van der Waals surface area contributed by atoms with Crippen LogP contribution >= 0.6 is 24.0 Å². The van der Waals surface area contributed by atoms with E-state index < -0.39 is 10.0 Å². The van der Waals surface area contributed by atoms with Gasteiger partial charge in [0, 0.05) is 33.3 Å². The molecule has 24 heavy (non-hydrogen) atoms. The summed E-state index contributed by atoms with van der Waals surface area (Å²) in [4.78, 5) is 4.32. The molecule has 0 unspecified atom stereocenters. The molecule has 0 aliphatic carbocycles. The summed E-state index contributed by atoms with van der Waals surface area (Å²) in [5.41, 5.74) is 1.02. The topological polar surface area (TPSA) is 91.8 Å². The van der Waals surface area contributed by atoms with E-state index >= 15 is 0 Å². The quantitative estimate of drug-likeness (QED) is 0.218. The molecule has 7 nitrogen and oxygen atoms in total. The van der Waals surface area contributed by atoms with Gasteiger partial charge < -0.3 is 15.4 Å². The second-order valence-corrected chi connectivity index (χ2v) is 6.60. The van der Waals surface area contributed by atoms with Crippen molar-refractivity contribution in [3.8, 4) is 0 Å². The SMILES string of the molecule is CCOCCNC(=NC)NCCNS(=O)(=O)c1ccc(C)cc1.I. The number of sulfonamides is 1. The van der Waals surface area contributed by atoms with Crippen molar-refractivity contribution in [3.05, 3.63) is 29.8 Å². The average Bonchev–Trinajstić information content (AvgIpc) is 2.53. The maximum Gasteiger partial charge on any atom is 0.240 e. The number of rotatable bonds is 9. The third kappa shape index (κ3) is 8.81. The summed E-state index contributed by atoms with van der Waals surface area (Å²) in [7, 11) is -1.82. The van der Waals surface area contributed by atoms with Gasteiger partial charge in [-0.3, -0.25) is 4.99 Å². The van der Waals surface area contributed by atoms with Crippen LogP contribution in [0.5, 0.6) is 0 Å². The predicted molar refractivity (Wildman–Crippen MR) is 108 cm³/mol. The van der Waals surface area contributed by atoms with Crippen LogP contribution in [0.15, 0.2) is 34.2 Å². The number of aliphatic imine (C=N–C) groups is 1. The van der Waals surface area contributed by atoms with Gasteiger partial charge in [0.1, 0.15) is 0 Å². The van der Waals surface area contributed by atoms with Crippen LogP contribution in [0, 0.1) is 6.92 Å². The van der Waals surface area contributed by atoms with E-state index in [4.69, 9.17) is 4.74 Å². The van der Waals surface area contributed by atoms with Crippen LogP contribution in [0.25, 0.3) is 0 Å². The zero-order valence-corrected chi connectivity index (χ0v) is 17.5. The summed E-state index contributed by atoms with van der Waals surface area (Å²) in [5, 5.41) is 6.11. The fraction of sp³-hybridized carbons (Fsp3) is 0.533. The Balaban J connectivity index is 0.00000529. The molecule has 0 amide bonds. The molecule has 1 aromatic rings. The zero-order chi connectivity index (χ0) is 17.1. The van der Waals surface area contributed by atoms with E-state index in [0.29, 0.717) is 32.3 Å². The molecule has 0 spiro atoms. The number of guanidine groups is 1. The molecule has 0 fully saturated rings. The number of nitrogens with zero attached hydrogens (tertiary/aromatic N) is 1. The van der Waals surface area contributed by atoms with Gasteiger partial charge in [-0.05, 0) is 26.0 Å². The molecule has 138 valence electrons. The Labute approximate surface area is 161 Å². The van der Waals surface area contributed by atoms with Crippen molar-refractivity contribution in [2.45, 2.75) is 18.7 Å². The first-order chi connectivity index (χ1) is 11.0. The number of aryl methyl sites for hydroxylation is 1. The molecular weight excluding hydrogens is 443 g/mol. The molecule has 0 saturated heterocycles. The molecule has 0 atom stereocenters. The molecule has 0 radical (unpaired) electrons. The van der Waals surface area contributed by atoms with Gasteiger partial charge in [-0.15, -0.1) is 24.0 Å². The minimum Gasteiger partial charge on any atom is -0.380 e. The van der Waals surface area contributed by atoms with E-state index in [1.165, 1.54) is 0 Å². The van der Waals surface area contributed by atoms with Crippen molar-refractivity contribution >= 4 is 40.0 Å². The summed E-state index contributed by atoms with van der Waals surface area (Å²) in [5.74, 6) is 0.610. The number of hydrogen-bond acceptors (Lipinski definition) is 4. The summed E-state index contributed by atoms with van der Waals surface area (Å²) < 4.78 is 32.0. The van der Waals surface area contributed by atoms with Gasteiger partial charge in [-0.2, -0.15) is 0 Å². The first kappa shape index (κ1) is 23.1. The molecule has 1 rings (SSSR count). The Kier molecular flexibility index (Phi) is 12.0. The number of halogens is 1. The molecule has 9 heteroatoms. The highest BCUT2D eigenvalue weighted by Crippen LogP contribution is 2.09. The largest absolute Gasteiger partial charge is 0.380 e. The van der Waals surface area contributed by atoms with E-state index in [1.807, 2.05) is 13.8 Å². The molecule has 0 aromatic heterocycles. The van der Waals surface area contributed by atoms with Crippen molar-refractivity contribution in [3.63, 3.8) is 0 Å². The van der Waals surface area contributed by atoms with Crippen molar-refractivity contribution in [2.24, 2.45) is 4.99 Å². The van der Waals surface area contributed by atoms with Crippen LogP contribution in [0.2, 0.25) is 0 Å². The van der Waals surface area contributed by atoms with Gasteiger partial charge in [-0.1, -0.05) is 17.7 Å². The molecule has 1 aromatic carbocycles. The lowest BCUT2D eigenvalue weighted by molar-refractivity contribution is 0.152. The molecule has 0 heterocycles. The van der Waals surface area contributed by atoms with Crippen LogP contribution in [0.4, 0.5) is 0 Å². The van der Waals surface area contributed by atoms with Crippen molar-refractivity contribution in [1.82, 2.24) is 15.4 Å². The first-order valence-electron chi connectivity index (χ1n) is 7.58. The second kappa shape index (κ2) is 12.5. The minimum absolute atomic E-state index is 0. The van der Waals surface area contributed by atoms with Gasteiger partial charge in [-0.25, -0.2) is 13.1 Å². The zero-order valence-electron chi connectivity index (χ0n) is 14.3. The molecule has 0 saturated carbocycles. The van der Waals surface area contributed by atoms with Crippen LogP contribution in [-0.4, -0.2) is 54.3 Å². The summed E-state index contributed by atoms with van der Waals surface area (Å²) in [6.45, 7) is 6.46.